The highest BCUT2D eigenvalue weighted by Gasteiger charge is 2.30. The number of thiocarbonyl (C=S) groups is 1. The summed E-state index contributed by atoms with van der Waals surface area (Å²) in [6.45, 7) is 0. The lowest BCUT2D eigenvalue weighted by molar-refractivity contribution is -0.128. The smallest absolute Gasteiger partial charge is 0.265 e. The number of carbonyl (C=O) groups is 2. The zero-order chi connectivity index (χ0) is 12.6. The van der Waals surface area contributed by atoms with Gasteiger partial charge in [0.05, 0.1) is 4.34 Å². The number of carbonyl (C=O) groups excluding carboxylic acids is 2. The van der Waals surface area contributed by atoms with E-state index in [9.17, 15) is 9.59 Å². The first kappa shape index (κ1) is 12.2. The Bertz CT molecular complexity index is 550. The Hall–Kier alpha value is -1.24. The van der Waals surface area contributed by atoms with E-state index in [-0.39, 0.29) is 10.7 Å². The average Bonchev–Trinajstić information content (AvgIpc) is 2.67. The fraction of sp³-hybridized carbons (Fsp3) is 0.100. The topological polar surface area (TPSA) is 49.4 Å². The predicted octanol–water partition coefficient (Wildman–Crippen LogP) is 1.66. The molecule has 0 bridgehead atoms. The fourth-order valence-corrected chi connectivity index (χ4v) is 2.47. The maximum atomic E-state index is 11.8. The summed E-state index contributed by atoms with van der Waals surface area (Å²) in [5.74, 6) is -0.897. The Kier molecular flexibility index (Phi) is 3.28. The molecule has 0 saturated carbocycles. The average molecular weight is 287 g/mol. The van der Waals surface area contributed by atoms with Crippen LogP contribution in [0.15, 0.2) is 17.7 Å². The van der Waals surface area contributed by atoms with Crippen molar-refractivity contribution in [2.24, 2.45) is 0 Å². The molecule has 0 aliphatic carbocycles. The van der Waals surface area contributed by atoms with Gasteiger partial charge < -0.3 is 0 Å². The molecular weight excluding hydrogens is 280 g/mol. The Labute approximate surface area is 112 Å². The first-order valence-corrected chi connectivity index (χ1v) is 6.19. The molecule has 0 radical (unpaired) electrons. The van der Waals surface area contributed by atoms with Crippen molar-refractivity contribution in [2.75, 3.05) is 7.05 Å². The van der Waals surface area contributed by atoms with Crippen LogP contribution in [-0.4, -0.2) is 28.9 Å². The molecule has 1 aliphatic heterocycles. The Morgan fingerprint density at radius 1 is 1.47 bits per heavy atom. The second kappa shape index (κ2) is 4.56. The highest BCUT2D eigenvalue weighted by Crippen LogP contribution is 2.24. The zero-order valence-electron chi connectivity index (χ0n) is 8.69. The molecule has 2 heterocycles. The van der Waals surface area contributed by atoms with Gasteiger partial charge in [0.2, 0.25) is 0 Å². The minimum Gasteiger partial charge on any atom is -0.298 e. The molecule has 0 unspecified atom stereocenters. The van der Waals surface area contributed by atoms with Crippen molar-refractivity contribution in [1.29, 1.82) is 0 Å². The first-order chi connectivity index (χ1) is 7.99. The molecule has 1 N–H and O–H groups in total. The van der Waals surface area contributed by atoms with E-state index in [1.54, 1.807) is 12.1 Å². The molecule has 2 rings (SSSR count). The molecule has 88 valence electrons. The van der Waals surface area contributed by atoms with Crippen molar-refractivity contribution >= 4 is 58.2 Å². The van der Waals surface area contributed by atoms with Gasteiger partial charge in [0, 0.05) is 11.9 Å². The molecule has 0 atom stereocenters. The van der Waals surface area contributed by atoms with E-state index < -0.39 is 11.8 Å². The van der Waals surface area contributed by atoms with Gasteiger partial charge >= 0.3 is 0 Å². The van der Waals surface area contributed by atoms with Crippen molar-refractivity contribution < 1.29 is 9.59 Å². The number of halogens is 1. The van der Waals surface area contributed by atoms with E-state index in [0.717, 1.165) is 4.88 Å². The number of hydrogen-bond donors (Lipinski definition) is 1. The summed E-state index contributed by atoms with van der Waals surface area (Å²) in [5, 5.41) is 2.55. The Morgan fingerprint density at radius 3 is 2.76 bits per heavy atom. The highest BCUT2D eigenvalue weighted by molar-refractivity contribution is 7.80. The quantitative estimate of drug-likeness (QED) is 0.485. The van der Waals surface area contributed by atoms with Crippen LogP contribution in [0.3, 0.4) is 0 Å². The third-order valence-corrected chi connectivity index (χ3v) is 3.74. The summed E-state index contributed by atoms with van der Waals surface area (Å²) >= 11 is 11.9. The summed E-state index contributed by atoms with van der Waals surface area (Å²) in [5.41, 5.74) is 0.0552. The van der Waals surface area contributed by atoms with Gasteiger partial charge in [0.1, 0.15) is 5.57 Å². The maximum Gasteiger partial charge on any atom is 0.265 e. The largest absolute Gasteiger partial charge is 0.298 e. The maximum absolute atomic E-state index is 11.8. The van der Waals surface area contributed by atoms with Gasteiger partial charge in [-0.05, 0) is 30.4 Å². The van der Waals surface area contributed by atoms with E-state index in [2.05, 4.69) is 5.32 Å². The van der Waals surface area contributed by atoms with Gasteiger partial charge in [-0.3, -0.25) is 19.8 Å². The van der Waals surface area contributed by atoms with Gasteiger partial charge in [-0.15, -0.1) is 11.3 Å². The molecule has 1 aromatic rings. The molecule has 7 heteroatoms. The fourth-order valence-electron chi connectivity index (χ4n) is 1.29. The molecule has 1 saturated heterocycles. The van der Waals surface area contributed by atoms with E-state index >= 15 is 0 Å². The molecule has 4 nitrogen and oxygen atoms in total. The molecule has 1 aromatic heterocycles. The summed E-state index contributed by atoms with van der Waals surface area (Å²) in [6, 6.07) is 3.45. The lowest BCUT2D eigenvalue weighted by Gasteiger charge is -2.24. The number of hydrogen-bond acceptors (Lipinski definition) is 4. The van der Waals surface area contributed by atoms with Crippen molar-refractivity contribution in [2.45, 2.75) is 0 Å². The molecule has 17 heavy (non-hydrogen) atoms. The van der Waals surface area contributed by atoms with Crippen LogP contribution in [0, 0.1) is 0 Å². The standard InChI is InChI=1S/C10H7ClN2O2S2/c1-13-9(15)6(8(14)12-10(13)16)4-5-2-3-7(11)17-5/h2-4H,1H3,(H,12,14,16)/b6-4+. The first-order valence-electron chi connectivity index (χ1n) is 4.59. The Morgan fingerprint density at radius 2 is 2.18 bits per heavy atom. The summed E-state index contributed by atoms with van der Waals surface area (Å²) in [7, 11) is 1.51. The second-order valence-corrected chi connectivity index (χ2v) is 5.46. The monoisotopic (exact) mass is 286 g/mol. The van der Waals surface area contributed by atoms with Crippen LogP contribution < -0.4 is 5.32 Å². The third-order valence-electron chi connectivity index (χ3n) is 2.19. The second-order valence-electron chi connectivity index (χ2n) is 3.32. The van der Waals surface area contributed by atoms with Gasteiger partial charge in [-0.25, -0.2) is 0 Å². The van der Waals surface area contributed by atoms with Gasteiger partial charge in [0.15, 0.2) is 5.11 Å². The molecular formula is C10H7ClN2O2S2. The summed E-state index contributed by atoms with van der Waals surface area (Å²) < 4.78 is 0.601. The third kappa shape index (κ3) is 2.38. The van der Waals surface area contributed by atoms with E-state index in [0.29, 0.717) is 4.34 Å². The SMILES string of the molecule is CN1C(=O)/C(=C/c2ccc(Cl)s2)C(=O)NC1=S. The summed E-state index contributed by atoms with van der Waals surface area (Å²) in [6.07, 6.45) is 1.51. The minimum atomic E-state index is -0.484. The minimum absolute atomic E-state index is 0.0552. The predicted molar refractivity (Wildman–Crippen MR) is 70.8 cm³/mol. The number of likely N-dealkylation sites (N-methyl/N-ethyl adjacent to an activating group) is 1. The van der Waals surface area contributed by atoms with E-state index in [1.807, 2.05) is 0 Å². The van der Waals surface area contributed by atoms with Crippen molar-refractivity contribution in [3.8, 4) is 0 Å². The number of amides is 2. The van der Waals surface area contributed by atoms with E-state index in [4.69, 9.17) is 23.8 Å². The summed E-state index contributed by atoms with van der Waals surface area (Å²) in [4.78, 5) is 25.4. The van der Waals surface area contributed by atoms with Crippen LogP contribution in [0.1, 0.15) is 4.88 Å². The number of nitrogens with zero attached hydrogens (tertiary/aromatic N) is 1. The molecule has 1 fully saturated rings. The van der Waals surface area contributed by atoms with Gasteiger partial charge in [0.25, 0.3) is 11.8 Å². The van der Waals surface area contributed by atoms with Crippen molar-refractivity contribution in [3.05, 3.63) is 26.9 Å². The van der Waals surface area contributed by atoms with Crippen LogP contribution in [0.5, 0.6) is 0 Å². The molecule has 0 aromatic carbocycles. The lowest BCUT2D eigenvalue weighted by Crippen LogP contribution is -2.52. The van der Waals surface area contributed by atoms with Gasteiger partial charge in [-0.1, -0.05) is 11.6 Å². The number of nitrogens with one attached hydrogen (secondary N) is 1. The zero-order valence-corrected chi connectivity index (χ0v) is 11.1. The van der Waals surface area contributed by atoms with Crippen LogP contribution >= 0.6 is 35.2 Å². The Balaban J connectivity index is 2.37. The number of rotatable bonds is 1. The van der Waals surface area contributed by atoms with Crippen molar-refractivity contribution in [3.63, 3.8) is 0 Å². The van der Waals surface area contributed by atoms with Crippen LogP contribution in [0.4, 0.5) is 0 Å². The molecule has 2 amide bonds. The molecule has 0 spiro atoms. The number of thiophene rings is 1. The van der Waals surface area contributed by atoms with E-state index in [1.165, 1.54) is 29.4 Å². The van der Waals surface area contributed by atoms with Crippen LogP contribution in [-0.2, 0) is 9.59 Å². The highest BCUT2D eigenvalue weighted by atomic mass is 35.5. The molecule has 1 aliphatic rings. The van der Waals surface area contributed by atoms with Crippen molar-refractivity contribution in [1.82, 2.24) is 10.2 Å². The van der Waals surface area contributed by atoms with Gasteiger partial charge in [-0.2, -0.15) is 0 Å². The van der Waals surface area contributed by atoms with Crippen LogP contribution in [0.2, 0.25) is 4.34 Å². The normalized spacial score (nSPS) is 18.8. The lowest BCUT2D eigenvalue weighted by atomic mass is 10.1. The van der Waals surface area contributed by atoms with Crippen LogP contribution in [0.25, 0.3) is 6.08 Å².